The Balaban J connectivity index is 1.18. The number of ether oxygens (including phenoxy) is 1. The van der Waals surface area contributed by atoms with E-state index in [-0.39, 0.29) is 41.0 Å². The molecule has 5 amide bonds. The van der Waals surface area contributed by atoms with Crippen LogP contribution in [0.2, 0.25) is 0 Å². The monoisotopic (exact) mass is 691 g/mol. The zero-order valence-electron chi connectivity index (χ0n) is 29.9. The minimum Gasteiger partial charge on any atom is -0.374 e. The number of primary amides is 1. The van der Waals surface area contributed by atoms with Crippen LogP contribution in [0.4, 0.5) is 4.79 Å². The van der Waals surface area contributed by atoms with Crippen molar-refractivity contribution in [2.45, 2.75) is 134 Å². The van der Waals surface area contributed by atoms with Crippen LogP contribution < -0.4 is 21.7 Å². The molecule has 50 heavy (non-hydrogen) atoms. The summed E-state index contributed by atoms with van der Waals surface area (Å²) in [7, 11) is 0. The maximum atomic E-state index is 14.7. The summed E-state index contributed by atoms with van der Waals surface area (Å²) < 4.78 is 6.22. The summed E-state index contributed by atoms with van der Waals surface area (Å²) in [5, 5.41) is 9.29. The third-order valence-electron chi connectivity index (χ3n) is 12.5. The lowest BCUT2D eigenvalue weighted by atomic mass is 9.83. The molecule has 274 valence electrons. The number of ketones is 1. The van der Waals surface area contributed by atoms with Crippen molar-refractivity contribution in [1.82, 2.24) is 20.9 Å². The number of urea groups is 1. The largest absolute Gasteiger partial charge is 0.374 e. The molecule has 5 atom stereocenters. The van der Waals surface area contributed by atoms with Crippen molar-refractivity contribution in [3.63, 3.8) is 0 Å². The Morgan fingerprint density at radius 2 is 1.56 bits per heavy atom. The van der Waals surface area contributed by atoms with E-state index >= 15 is 0 Å². The molecule has 1 aromatic rings. The first-order chi connectivity index (χ1) is 24.0. The van der Waals surface area contributed by atoms with E-state index < -0.39 is 41.3 Å². The SMILES string of the molecule is CC1(C)[C@@H]2[C@@H](C(=O)NC(CC3CC3)C(=O)C(N)=O)N(C(=O)C(NC(=O)NC3(COCc4ccccc4)CCCCCC3)C3CCCCC3)C[C@@H]21. The summed E-state index contributed by atoms with van der Waals surface area (Å²) in [6.07, 6.45) is 12.8. The van der Waals surface area contributed by atoms with E-state index in [1.807, 2.05) is 30.3 Å². The van der Waals surface area contributed by atoms with Crippen molar-refractivity contribution in [3.8, 4) is 0 Å². The highest BCUT2D eigenvalue weighted by Gasteiger charge is 2.69. The zero-order valence-corrected chi connectivity index (χ0v) is 29.9. The highest BCUT2D eigenvalue weighted by atomic mass is 16.5. The summed E-state index contributed by atoms with van der Waals surface area (Å²) in [6, 6.07) is 7.06. The van der Waals surface area contributed by atoms with Crippen LogP contribution in [0.15, 0.2) is 30.3 Å². The first-order valence-electron chi connectivity index (χ1n) is 19.1. The van der Waals surface area contributed by atoms with Crippen LogP contribution in [-0.2, 0) is 30.5 Å². The second-order valence-electron chi connectivity index (χ2n) is 16.5. The Bertz CT molecular complexity index is 1400. The molecular weight excluding hydrogens is 634 g/mol. The number of benzene rings is 1. The highest BCUT2D eigenvalue weighted by molar-refractivity contribution is 6.37. The number of Topliss-reactive ketones (excluding diaryl/α,β-unsaturated/α-hetero) is 1. The van der Waals surface area contributed by atoms with Gasteiger partial charge in [-0.05, 0) is 66.8 Å². The molecule has 11 nitrogen and oxygen atoms in total. The van der Waals surface area contributed by atoms with Gasteiger partial charge >= 0.3 is 6.03 Å². The maximum Gasteiger partial charge on any atom is 0.315 e. The van der Waals surface area contributed by atoms with Crippen LogP contribution in [0.25, 0.3) is 0 Å². The molecule has 5 fully saturated rings. The summed E-state index contributed by atoms with van der Waals surface area (Å²) in [5.74, 6) is -2.25. The van der Waals surface area contributed by atoms with Gasteiger partial charge in [-0.2, -0.15) is 0 Å². The fraction of sp³-hybridized carbons (Fsp3) is 0.718. The summed E-state index contributed by atoms with van der Waals surface area (Å²) in [5.41, 5.74) is 5.76. The van der Waals surface area contributed by atoms with E-state index in [0.717, 1.165) is 89.0 Å². The van der Waals surface area contributed by atoms with Gasteiger partial charge in [0.25, 0.3) is 5.91 Å². The molecule has 0 radical (unpaired) electrons. The van der Waals surface area contributed by atoms with Crippen molar-refractivity contribution >= 4 is 29.5 Å². The van der Waals surface area contributed by atoms with Gasteiger partial charge in [-0.15, -0.1) is 0 Å². The molecule has 4 aliphatic carbocycles. The van der Waals surface area contributed by atoms with Gasteiger partial charge < -0.3 is 31.3 Å². The number of carbonyl (C=O) groups is 5. The molecular formula is C39H57N5O6. The third-order valence-corrected chi connectivity index (χ3v) is 12.5. The van der Waals surface area contributed by atoms with E-state index in [4.69, 9.17) is 10.5 Å². The summed E-state index contributed by atoms with van der Waals surface area (Å²) in [4.78, 5) is 69.0. The minimum atomic E-state index is -1.07. The normalized spacial score (nSPS) is 26.8. The fourth-order valence-corrected chi connectivity index (χ4v) is 9.26. The smallest absolute Gasteiger partial charge is 0.315 e. The lowest BCUT2D eigenvalue weighted by molar-refractivity contribution is -0.144. The molecule has 11 heteroatoms. The number of nitrogens with one attached hydrogen (secondary N) is 3. The molecule has 4 saturated carbocycles. The second-order valence-corrected chi connectivity index (χ2v) is 16.5. The number of carbonyl (C=O) groups excluding carboxylic acids is 5. The minimum absolute atomic E-state index is 0.0471. The van der Waals surface area contributed by atoms with E-state index in [9.17, 15) is 24.0 Å². The predicted octanol–water partition coefficient (Wildman–Crippen LogP) is 4.37. The number of hydrogen-bond acceptors (Lipinski definition) is 6. The number of amides is 5. The van der Waals surface area contributed by atoms with Crippen LogP contribution >= 0.6 is 0 Å². The number of rotatable bonds is 14. The Morgan fingerprint density at radius 1 is 0.900 bits per heavy atom. The average Bonchev–Trinajstić information content (AvgIpc) is 3.98. The van der Waals surface area contributed by atoms with Crippen molar-refractivity contribution in [2.24, 2.45) is 34.8 Å². The first-order valence-corrected chi connectivity index (χ1v) is 19.1. The molecule has 5 aliphatic rings. The molecule has 1 aliphatic heterocycles. The van der Waals surface area contributed by atoms with Gasteiger partial charge in [0.2, 0.25) is 17.6 Å². The Hall–Kier alpha value is -3.47. The van der Waals surface area contributed by atoms with Gasteiger partial charge in [-0.1, -0.05) is 102 Å². The van der Waals surface area contributed by atoms with Crippen LogP contribution in [0, 0.1) is 29.1 Å². The molecule has 6 rings (SSSR count). The van der Waals surface area contributed by atoms with Gasteiger partial charge in [0.1, 0.15) is 12.1 Å². The molecule has 1 aromatic carbocycles. The van der Waals surface area contributed by atoms with Crippen molar-refractivity contribution < 1.29 is 28.7 Å². The number of nitrogens with zero attached hydrogens (tertiary/aromatic N) is 1. The molecule has 5 N–H and O–H groups in total. The predicted molar refractivity (Wildman–Crippen MR) is 188 cm³/mol. The third kappa shape index (κ3) is 8.35. The molecule has 0 aromatic heterocycles. The zero-order chi connectivity index (χ0) is 35.5. The number of hydrogen-bond donors (Lipinski definition) is 4. The van der Waals surface area contributed by atoms with Gasteiger partial charge in [0, 0.05) is 6.54 Å². The fourth-order valence-electron chi connectivity index (χ4n) is 9.26. The molecule has 0 bridgehead atoms. The molecule has 1 heterocycles. The summed E-state index contributed by atoms with van der Waals surface area (Å²) in [6.45, 7) is 5.47. The van der Waals surface area contributed by atoms with E-state index in [0.29, 0.717) is 26.2 Å². The van der Waals surface area contributed by atoms with Gasteiger partial charge in [-0.25, -0.2) is 4.79 Å². The Labute approximate surface area is 296 Å². The average molecular weight is 692 g/mol. The molecule has 0 spiro atoms. The molecule has 1 saturated heterocycles. The number of likely N-dealkylation sites (tertiary alicyclic amines) is 1. The Kier molecular flexibility index (Phi) is 11.2. The van der Waals surface area contributed by atoms with Crippen LogP contribution in [-0.4, -0.2) is 71.3 Å². The number of nitrogens with two attached hydrogens (primary N) is 1. The van der Waals surface area contributed by atoms with Gasteiger partial charge in [-0.3, -0.25) is 19.2 Å². The van der Waals surface area contributed by atoms with Crippen molar-refractivity contribution in [1.29, 1.82) is 0 Å². The van der Waals surface area contributed by atoms with E-state index in [1.54, 1.807) is 4.90 Å². The Morgan fingerprint density at radius 3 is 2.20 bits per heavy atom. The quantitative estimate of drug-likeness (QED) is 0.168. The summed E-state index contributed by atoms with van der Waals surface area (Å²) >= 11 is 0. The van der Waals surface area contributed by atoms with Gasteiger partial charge in [0.05, 0.1) is 24.8 Å². The van der Waals surface area contributed by atoms with Crippen LogP contribution in [0.5, 0.6) is 0 Å². The highest BCUT2D eigenvalue weighted by Crippen LogP contribution is 2.65. The number of piperidine rings is 1. The van der Waals surface area contributed by atoms with Crippen LogP contribution in [0.1, 0.15) is 109 Å². The van der Waals surface area contributed by atoms with Crippen molar-refractivity contribution in [2.75, 3.05) is 13.2 Å². The van der Waals surface area contributed by atoms with E-state index in [2.05, 4.69) is 29.8 Å². The lowest BCUT2D eigenvalue weighted by Crippen LogP contribution is -2.62. The van der Waals surface area contributed by atoms with Gasteiger partial charge in [0.15, 0.2) is 0 Å². The maximum absolute atomic E-state index is 14.7. The second kappa shape index (κ2) is 15.4. The van der Waals surface area contributed by atoms with Crippen molar-refractivity contribution in [3.05, 3.63) is 35.9 Å². The van der Waals surface area contributed by atoms with E-state index in [1.165, 1.54) is 0 Å². The topological polar surface area (TPSA) is 160 Å². The molecule has 2 unspecified atom stereocenters. The first kappa shape index (κ1) is 36.3. The lowest BCUT2D eigenvalue weighted by Gasteiger charge is -2.38. The standard InChI is InChI=1S/C39H57N5O6/c1-38(2)28-22-44(32(30(28)38)35(47)41-29(21-25-17-18-25)33(45)34(40)46)36(48)31(27-15-9-6-10-16-27)42-37(49)43-39(19-11-3-4-12-20-39)24-50-23-26-13-7-5-8-14-26/h5,7-8,13-14,25,27-32H,3-4,6,9-12,15-24H2,1-2H3,(H2,40,46)(H,41,47)(H2,42,43,49)/t28-,29?,30-,31?,32-/m0/s1. The van der Waals surface area contributed by atoms with Crippen LogP contribution in [0.3, 0.4) is 0 Å². The number of fused-ring (bicyclic) bond motifs is 1.